The lowest BCUT2D eigenvalue weighted by Gasteiger charge is -2.22. The van der Waals surface area contributed by atoms with Crippen molar-refractivity contribution in [2.75, 3.05) is 20.4 Å². The smallest absolute Gasteiger partial charge is 0.189 e. The highest BCUT2D eigenvalue weighted by atomic mass is 31.1. The minimum atomic E-state index is -1.92. The third-order valence-electron chi connectivity index (χ3n) is 2.04. The van der Waals surface area contributed by atoms with Gasteiger partial charge in [-0.3, -0.25) is 4.57 Å². The zero-order valence-corrected chi connectivity index (χ0v) is 11.1. The van der Waals surface area contributed by atoms with Crippen LogP contribution in [0.2, 0.25) is 0 Å². The van der Waals surface area contributed by atoms with E-state index < -0.39 is 8.03 Å². The van der Waals surface area contributed by atoms with Crippen LogP contribution in [0.4, 0.5) is 0 Å². The largest absolute Gasteiger partial charge is 0.495 e. The number of methoxy groups -OCH3 is 1. The van der Waals surface area contributed by atoms with Gasteiger partial charge in [0.15, 0.2) is 13.8 Å². The van der Waals surface area contributed by atoms with Crippen molar-refractivity contribution < 1.29 is 18.6 Å². The van der Waals surface area contributed by atoms with E-state index in [1.54, 1.807) is 0 Å². The van der Waals surface area contributed by atoms with Crippen molar-refractivity contribution in [2.45, 2.75) is 32.8 Å². The Morgan fingerprint density at radius 2 is 2.07 bits per heavy atom. The summed E-state index contributed by atoms with van der Waals surface area (Å²) in [4.78, 5) is 0. The van der Waals surface area contributed by atoms with E-state index in [1.165, 1.54) is 20.0 Å². The first-order valence-electron chi connectivity index (χ1n) is 4.95. The third-order valence-corrected chi connectivity index (χ3v) is 2.59. The highest BCUT2D eigenvalue weighted by molar-refractivity contribution is 7.38. The Balaban J connectivity index is 4.16. The Bertz CT molecular complexity index is 236. The molecule has 0 aromatic carbocycles. The van der Waals surface area contributed by atoms with Crippen LogP contribution in [0.25, 0.3) is 0 Å². The molecule has 0 aliphatic rings. The zero-order chi connectivity index (χ0) is 11.9. The Hall–Kier alpha value is -0.470. The molecule has 0 rings (SSSR count). The number of rotatable bonds is 7. The van der Waals surface area contributed by atoms with Gasteiger partial charge >= 0.3 is 0 Å². The second kappa shape index (κ2) is 6.91. The lowest BCUT2D eigenvalue weighted by atomic mass is 10.1. The fourth-order valence-corrected chi connectivity index (χ4v) is 0.968. The van der Waals surface area contributed by atoms with Crippen LogP contribution in [0.15, 0.2) is 12.0 Å². The van der Waals surface area contributed by atoms with E-state index in [0.717, 1.165) is 6.42 Å². The summed E-state index contributed by atoms with van der Waals surface area (Å²) in [7, 11) is -0.392. The molecular weight excluding hydrogens is 215 g/mol. The van der Waals surface area contributed by atoms with Gasteiger partial charge in [-0.15, -0.1) is 0 Å². The summed E-state index contributed by atoms with van der Waals surface area (Å²) in [5, 5.41) is 0. The van der Waals surface area contributed by atoms with Gasteiger partial charge in [-0.2, -0.15) is 0 Å². The predicted molar refractivity (Wildman–Crippen MR) is 61.4 cm³/mol. The minimum Gasteiger partial charge on any atom is -0.495 e. The van der Waals surface area contributed by atoms with Crippen molar-refractivity contribution in [2.24, 2.45) is 0 Å². The Morgan fingerprint density at radius 1 is 1.47 bits per heavy atom. The minimum absolute atomic E-state index is 0.185. The fourth-order valence-electron chi connectivity index (χ4n) is 0.622. The molecular formula is C10H21O4P. The molecule has 5 heteroatoms. The summed E-state index contributed by atoms with van der Waals surface area (Å²) in [6.07, 6.45) is 2.42. The molecule has 0 bridgehead atoms. The highest BCUT2D eigenvalue weighted by Crippen LogP contribution is 2.19. The third kappa shape index (κ3) is 7.46. The molecule has 0 fully saturated rings. The quantitative estimate of drug-likeness (QED) is 0.503. The van der Waals surface area contributed by atoms with Crippen molar-refractivity contribution in [3.63, 3.8) is 0 Å². The number of hydrogen-bond donors (Lipinski definition) is 0. The fraction of sp³-hybridized carbons (Fsp3) is 0.800. The van der Waals surface area contributed by atoms with Crippen molar-refractivity contribution in [1.82, 2.24) is 0 Å². The average Bonchev–Trinajstić information content (AvgIpc) is 2.18. The van der Waals surface area contributed by atoms with E-state index in [1.807, 2.05) is 20.8 Å². The van der Waals surface area contributed by atoms with Crippen molar-refractivity contribution in [3.05, 3.63) is 12.0 Å². The van der Waals surface area contributed by atoms with Gasteiger partial charge in [-0.1, -0.05) is 6.92 Å². The maximum atomic E-state index is 10.8. The molecule has 0 N–H and O–H groups in total. The molecule has 0 heterocycles. The lowest BCUT2D eigenvalue weighted by Crippen LogP contribution is -2.20. The maximum Gasteiger partial charge on any atom is 0.189 e. The lowest BCUT2D eigenvalue weighted by molar-refractivity contribution is 0.0435. The van der Waals surface area contributed by atoms with Crippen LogP contribution >= 0.6 is 8.03 Å². The van der Waals surface area contributed by atoms with Gasteiger partial charge in [0.05, 0.1) is 7.11 Å². The van der Waals surface area contributed by atoms with Crippen LogP contribution in [-0.2, 0) is 18.6 Å². The first-order chi connectivity index (χ1) is 6.91. The average molecular weight is 236 g/mol. The molecule has 0 radical (unpaired) electrons. The zero-order valence-electron chi connectivity index (χ0n) is 10.1. The van der Waals surface area contributed by atoms with Crippen LogP contribution in [0.5, 0.6) is 0 Å². The monoisotopic (exact) mass is 236 g/mol. The van der Waals surface area contributed by atoms with E-state index in [-0.39, 0.29) is 12.2 Å². The molecule has 4 nitrogen and oxygen atoms in total. The number of ether oxygens (including phenoxy) is 2. The van der Waals surface area contributed by atoms with Crippen LogP contribution in [0.1, 0.15) is 27.2 Å². The molecule has 15 heavy (non-hydrogen) atoms. The summed E-state index contributed by atoms with van der Waals surface area (Å²) >= 11 is 0. The summed E-state index contributed by atoms with van der Waals surface area (Å²) in [5.41, 5.74) is -0.221. The second-order valence-corrected chi connectivity index (χ2v) is 5.07. The van der Waals surface area contributed by atoms with E-state index in [0.29, 0.717) is 5.76 Å². The molecule has 0 aromatic heterocycles. The first kappa shape index (κ1) is 14.5. The Labute approximate surface area is 92.5 Å². The molecule has 0 saturated heterocycles. The molecule has 1 atom stereocenters. The van der Waals surface area contributed by atoms with Crippen LogP contribution in [0, 0.1) is 0 Å². The van der Waals surface area contributed by atoms with Gasteiger partial charge in [-0.25, -0.2) is 0 Å². The molecule has 0 aromatic rings. The van der Waals surface area contributed by atoms with Gasteiger partial charge in [0, 0.05) is 6.66 Å². The SMILES string of the molecule is CCC(C)(C)O/C=C(/CO[PH](C)=O)OC. The second-order valence-electron chi connectivity index (χ2n) is 3.80. The standard InChI is InChI=1S/C10H21O4P/c1-6-10(2,3)13-7-9(12-4)8-14-15(5)11/h7,15H,6,8H2,1-5H3/b9-7-. The summed E-state index contributed by atoms with van der Waals surface area (Å²) in [6.45, 7) is 7.74. The molecule has 0 saturated carbocycles. The Kier molecular flexibility index (Phi) is 6.70. The highest BCUT2D eigenvalue weighted by Gasteiger charge is 2.14. The summed E-state index contributed by atoms with van der Waals surface area (Å²) in [5.74, 6) is 0.539. The van der Waals surface area contributed by atoms with E-state index in [2.05, 4.69) is 0 Å². The van der Waals surface area contributed by atoms with Crippen molar-refractivity contribution in [1.29, 1.82) is 0 Å². The van der Waals surface area contributed by atoms with E-state index in [4.69, 9.17) is 14.0 Å². The summed E-state index contributed by atoms with van der Waals surface area (Å²) in [6, 6.07) is 0. The molecule has 0 amide bonds. The van der Waals surface area contributed by atoms with Gasteiger partial charge in [0.2, 0.25) is 0 Å². The van der Waals surface area contributed by atoms with Crippen molar-refractivity contribution >= 4 is 8.03 Å². The van der Waals surface area contributed by atoms with Gasteiger partial charge in [0.1, 0.15) is 18.5 Å². The molecule has 0 spiro atoms. The maximum absolute atomic E-state index is 10.8. The molecule has 90 valence electrons. The predicted octanol–water partition coefficient (Wildman–Crippen LogP) is 2.80. The molecule has 1 unspecified atom stereocenters. The van der Waals surface area contributed by atoms with Crippen LogP contribution in [0.3, 0.4) is 0 Å². The van der Waals surface area contributed by atoms with Gasteiger partial charge in [0.25, 0.3) is 0 Å². The number of hydrogen-bond acceptors (Lipinski definition) is 4. The van der Waals surface area contributed by atoms with Crippen molar-refractivity contribution in [3.8, 4) is 0 Å². The first-order valence-corrected chi connectivity index (χ1v) is 6.77. The van der Waals surface area contributed by atoms with E-state index >= 15 is 0 Å². The molecule has 0 aliphatic carbocycles. The van der Waals surface area contributed by atoms with Crippen LogP contribution in [-0.4, -0.2) is 26.0 Å². The normalized spacial score (nSPS) is 14.9. The van der Waals surface area contributed by atoms with E-state index in [9.17, 15) is 4.57 Å². The van der Waals surface area contributed by atoms with Gasteiger partial charge < -0.3 is 14.0 Å². The van der Waals surface area contributed by atoms with Gasteiger partial charge in [-0.05, 0) is 20.3 Å². The Morgan fingerprint density at radius 3 is 2.47 bits per heavy atom. The summed E-state index contributed by atoms with van der Waals surface area (Å²) < 4.78 is 26.3. The molecule has 0 aliphatic heterocycles. The topological polar surface area (TPSA) is 44.8 Å². The van der Waals surface area contributed by atoms with Crippen LogP contribution < -0.4 is 0 Å².